The molecule has 0 aliphatic heterocycles. The zero-order valence-corrected chi connectivity index (χ0v) is 12.0. The lowest BCUT2D eigenvalue weighted by molar-refractivity contribution is -0.144. The normalized spacial score (nSPS) is 9.63. The Balaban J connectivity index is 2.53. The lowest BCUT2D eigenvalue weighted by Gasteiger charge is -2.07. The molecule has 1 aromatic carbocycles. The van der Waals surface area contributed by atoms with Crippen LogP contribution in [-0.4, -0.2) is 24.9 Å². The first kappa shape index (κ1) is 15.2. The molecular formula is C12H13BrN2O4. The van der Waals surface area contributed by atoms with Crippen LogP contribution in [0.5, 0.6) is 0 Å². The predicted molar refractivity (Wildman–Crippen MR) is 71.1 cm³/mol. The van der Waals surface area contributed by atoms with Crippen molar-refractivity contribution in [2.75, 3.05) is 7.11 Å². The third-order valence-electron chi connectivity index (χ3n) is 2.28. The molecular weight excluding hydrogens is 316 g/mol. The summed E-state index contributed by atoms with van der Waals surface area (Å²) in [5.41, 5.74) is 5.71. The van der Waals surface area contributed by atoms with Gasteiger partial charge in [-0.3, -0.25) is 25.2 Å². The molecule has 0 bridgehead atoms. The number of nitrogens with one attached hydrogen (secondary N) is 2. The van der Waals surface area contributed by atoms with E-state index in [9.17, 15) is 14.4 Å². The van der Waals surface area contributed by atoms with E-state index in [-0.39, 0.29) is 0 Å². The number of carbonyl (C=O) groups excluding carboxylic acids is 3. The summed E-state index contributed by atoms with van der Waals surface area (Å²) in [5.74, 6) is -1.80. The number of hydrogen-bond acceptors (Lipinski definition) is 4. The molecule has 0 aromatic heterocycles. The number of esters is 1. The zero-order chi connectivity index (χ0) is 14.4. The van der Waals surface area contributed by atoms with Crippen LogP contribution in [0.15, 0.2) is 22.7 Å². The van der Waals surface area contributed by atoms with Crippen molar-refractivity contribution in [2.24, 2.45) is 0 Å². The molecule has 0 radical (unpaired) electrons. The molecule has 0 aliphatic carbocycles. The molecule has 0 saturated carbocycles. The molecule has 0 unspecified atom stereocenters. The summed E-state index contributed by atoms with van der Waals surface area (Å²) in [4.78, 5) is 33.8. The highest BCUT2D eigenvalue weighted by atomic mass is 79.9. The highest BCUT2D eigenvalue weighted by Gasteiger charge is 2.11. The molecule has 2 N–H and O–H groups in total. The first-order valence-electron chi connectivity index (χ1n) is 5.36. The number of amides is 2. The van der Waals surface area contributed by atoms with Crippen LogP contribution in [0.3, 0.4) is 0 Å². The Morgan fingerprint density at radius 3 is 2.53 bits per heavy atom. The summed E-state index contributed by atoms with van der Waals surface area (Å²) >= 11 is 3.31. The van der Waals surface area contributed by atoms with Gasteiger partial charge in [0.25, 0.3) is 5.91 Å². The fourth-order valence-corrected chi connectivity index (χ4v) is 1.56. The van der Waals surface area contributed by atoms with Crippen molar-refractivity contribution >= 4 is 33.7 Å². The summed E-state index contributed by atoms with van der Waals surface area (Å²) in [6.45, 7) is 1.89. The Morgan fingerprint density at radius 1 is 1.26 bits per heavy atom. The summed E-state index contributed by atoms with van der Waals surface area (Å²) in [7, 11) is 1.18. The van der Waals surface area contributed by atoms with E-state index in [2.05, 4.69) is 31.5 Å². The first-order valence-corrected chi connectivity index (χ1v) is 6.15. The van der Waals surface area contributed by atoms with Crippen LogP contribution in [0.1, 0.15) is 22.3 Å². The van der Waals surface area contributed by atoms with Crippen LogP contribution in [0, 0.1) is 6.92 Å². The summed E-state index contributed by atoms with van der Waals surface area (Å²) in [6, 6.07) is 5.04. The number of ether oxygens (including phenoxy) is 1. The second-order valence-corrected chi connectivity index (χ2v) is 4.57. The molecule has 0 heterocycles. The van der Waals surface area contributed by atoms with E-state index in [1.54, 1.807) is 18.2 Å². The summed E-state index contributed by atoms with van der Waals surface area (Å²) in [5, 5.41) is 0. The first-order chi connectivity index (χ1) is 8.93. The van der Waals surface area contributed by atoms with Gasteiger partial charge in [-0.25, -0.2) is 0 Å². The van der Waals surface area contributed by atoms with Crippen LogP contribution in [0.4, 0.5) is 0 Å². The van der Waals surface area contributed by atoms with E-state index in [0.29, 0.717) is 5.56 Å². The van der Waals surface area contributed by atoms with Gasteiger partial charge in [-0.15, -0.1) is 0 Å². The number of aryl methyl sites for hydroxylation is 1. The monoisotopic (exact) mass is 328 g/mol. The topological polar surface area (TPSA) is 84.5 Å². The number of rotatable bonds is 3. The minimum atomic E-state index is -0.676. The molecule has 0 fully saturated rings. The Hall–Kier alpha value is -1.89. The van der Waals surface area contributed by atoms with Crippen molar-refractivity contribution in [3.05, 3.63) is 33.8 Å². The fourth-order valence-electron chi connectivity index (χ4n) is 1.18. The quantitative estimate of drug-likeness (QED) is 0.494. The van der Waals surface area contributed by atoms with E-state index >= 15 is 0 Å². The largest absolute Gasteiger partial charge is 0.469 e. The average molecular weight is 329 g/mol. The number of halogens is 1. The molecule has 0 aliphatic rings. The average Bonchev–Trinajstić information content (AvgIpc) is 2.39. The summed E-state index contributed by atoms with van der Waals surface area (Å²) in [6.07, 6.45) is -0.450. The lowest BCUT2D eigenvalue weighted by Crippen LogP contribution is -2.42. The van der Waals surface area contributed by atoms with E-state index in [0.717, 1.165) is 10.0 Å². The van der Waals surface area contributed by atoms with Gasteiger partial charge in [0.2, 0.25) is 5.91 Å². The van der Waals surface area contributed by atoms with Gasteiger partial charge in [0.15, 0.2) is 0 Å². The number of hydrazine groups is 1. The third kappa shape index (κ3) is 4.70. The molecule has 7 heteroatoms. The lowest BCUT2D eigenvalue weighted by atomic mass is 10.1. The second-order valence-electron chi connectivity index (χ2n) is 3.72. The fraction of sp³-hybridized carbons (Fsp3) is 0.250. The zero-order valence-electron chi connectivity index (χ0n) is 10.5. The molecule has 19 heavy (non-hydrogen) atoms. The van der Waals surface area contributed by atoms with Crippen molar-refractivity contribution in [2.45, 2.75) is 13.3 Å². The molecule has 1 aromatic rings. The van der Waals surface area contributed by atoms with Crippen LogP contribution >= 0.6 is 15.9 Å². The Kier molecular flexibility index (Phi) is 5.50. The van der Waals surface area contributed by atoms with Gasteiger partial charge in [0.1, 0.15) is 6.42 Å². The molecule has 0 atom stereocenters. The molecule has 102 valence electrons. The van der Waals surface area contributed by atoms with E-state index in [4.69, 9.17) is 0 Å². The molecule has 2 amide bonds. The minimum Gasteiger partial charge on any atom is -0.469 e. The standard InChI is InChI=1S/C12H13BrN2O4/c1-7-3-4-8(5-9(7)13)12(18)15-14-10(16)6-11(17)19-2/h3-5H,6H2,1-2H3,(H,14,16)(H,15,18). The molecule has 0 spiro atoms. The van der Waals surface area contributed by atoms with Gasteiger partial charge in [0, 0.05) is 10.0 Å². The van der Waals surface area contributed by atoms with Crippen molar-refractivity contribution < 1.29 is 19.1 Å². The molecule has 6 nitrogen and oxygen atoms in total. The van der Waals surface area contributed by atoms with Gasteiger partial charge in [-0.05, 0) is 24.6 Å². The van der Waals surface area contributed by atoms with E-state index in [1.807, 2.05) is 6.92 Å². The third-order valence-corrected chi connectivity index (χ3v) is 3.14. The highest BCUT2D eigenvalue weighted by molar-refractivity contribution is 9.10. The van der Waals surface area contributed by atoms with E-state index < -0.39 is 24.2 Å². The molecule has 0 saturated heterocycles. The maximum Gasteiger partial charge on any atom is 0.315 e. The molecule has 1 rings (SSSR count). The maximum atomic E-state index is 11.7. The number of carbonyl (C=O) groups is 3. The highest BCUT2D eigenvalue weighted by Crippen LogP contribution is 2.17. The maximum absolute atomic E-state index is 11.7. The van der Waals surface area contributed by atoms with Gasteiger partial charge >= 0.3 is 5.97 Å². The van der Waals surface area contributed by atoms with Crippen LogP contribution in [-0.2, 0) is 14.3 Å². The second kappa shape index (κ2) is 6.89. The van der Waals surface area contributed by atoms with Gasteiger partial charge in [-0.2, -0.15) is 0 Å². The van der Waals surface area contributed by atoms with E-state index in [1.165, 1.54) is 7.11 Å². The SMILES string of the molecule is COC(=O)CC(=O)NNC(=O)c1ccc(C)c(Br)c1. The Labute approximate surface area is 118 Å². The predicted octanol–water partition coefficient (Wildman–Crippen LogP) is 1.08. The van der Waals surface area contributed by atoms with Crippen molar-refractivity contribution in [3.8, 4) is 0 Å². The van der Waals surface area contributed by atoms with Crippen molar-refractivity contribution in [1.82, 2.24) is 10.9 Å². The van der Waals surface area contributed by atoms with Crippen LogP contribution < -0.4 is 10.9 Å². The number of benzene rings is 1. The van der Waals surface area contributed by atoms with Crippen molar-refractivity contribution in [1.29, 1.82) is 0 Å². The minimum absolute atomic E-state index is 0.385. The van der Waals surface area contributed by atoms with Gasteiger partial charge < -0.3 is 4.74 Å². The van der Waals surface area contributed by atoms with Gasteiger partial charge in [0.05, 0.1) is 7.11 Å². The summed E-state index contributed by atoms with van der Waals surface area (Å²) < 4.78 is 5.12. The van der Waals surface area contributed by atoms with Gasteiger partial charge in [-0.1, -0.05) is 22.0 Å². The number of hydrogen-bond donors (Lipinski definition) is 2. The number of methoxy groups -OCH3 is 1. The Bertz CT molecular complexity index is 516. The Morgan fingerprint density at radius 2 is 1.95 bits per heavy atom. The smallest absolute Gasteiger partial charge is 0.315 e. The van der Waals surface area contributed by atoms with Crippen LogP contribution in [0.2, 0.25) is 0 Å². The van der Waals surface area contributed by atoms with Crippen LogP contribution in [0.25, 0.3) is 0 Å². The van der Waals surface area contributed by atoms with Crippen molar-refractivity contribution in [3.63, 3.8) is 0 Å².